The number of fused-ring (bicyclic) bond motifs is 3. The van der Waals surface area contributed by atoms with E-state index in [0.29, 0.717) is 50.1 Å². The summed E-state index contributed by atoms with van der Waals surface area (Å²) in [7, 11) is 2.14. The number of morpholine rings is 1. The second kappa shape index (κ2) is 8.87. The first kappa shape index (κ1) is 20.3. The van der Waals surface area contributed by atoms with Crippen molar-refractivity contribution in [3.05, 3.63) is 17.5 Å². The Morgan fingerprint density at radius 3 is 2.70 bits per heavy atom. The number of carbonyl (C=O) groups is 1. The van der Waals surface area contributed by atoms with Crippen LogP contribution in [0.1, 0.15) is 68.2 Å². The van der Waals surface area contributed by atoms with E-state index in [0.717, 1.165) is 19.6 Å². The van der Waals surface area contributed by atoms with E-state index in [2.05, 4.69) is 28.0 Å². The zero-order valence-corrected chi connectivity index (χ0v) is 18.4. The van der Waals surface area contributed by atoms with Crippen LogP contribution in [0, 0.1) is 5.92 Å². The van der Waals surface area contributed by atoms with Crippen LogP contribution in [0.25, 0.3) is 0 Å². The molecule has 166 valence electrons. The summed E-state index contributed by atoms with van der Waals surface area (Å²) in [4.78, 5) is 16.9. The number of piperidine rings is 3. The first-order valence-electron chi connectivity index (χ1n) is 12.1. The molecule has 0 spiro atoms. The largest absolute Gasteiger partial charge is 0.378 e. The standard InChI is InChI=1S/C23H37N5O2/c1-26-22(14-21(25-26)17-5-3-2-4-6-17)20-16-28-8-7-18(20)13-19(28)15-24-23(29)27-9-11-30-12-10-27/h14,17-20H,2-13,15-16H2,1H3,(H,24,29)/t18-,19+,20-/m0/s1. The molecule has 6 rings (SSSR count). The Bertz CT molecular complexity index is 738. The lowest BCUT2D eigenvalue weighted by Crippen LogP contribution is -2.57. The van der Waals surface area contributed by atoms with Crippen LogP contribution in [0.4, 0.5) is 4.79 Å². The van der Waals surface area contributed by atoms with Crippen LogP contribution in [0.2, 0.25) is 0 Å². The lowest BCUT2D eigenvalue weighted by atomic mass is 9.74. The topological polar surface area (TPSA) is 62.6 Å². The van der Waals surface area contributed by atoms with Crippen molar-refractivity contribution >= 4 is 6.03 Å². The zero-order valence-electron chi connectivity index (χ0n) is 18.4. The number of nitrogens with zero attached hydrogens (tertiary/aromatic N) is 4. The third-order valence-electron chi connectivity index (χ3n) is 8.00. The minimum Gasteiger partial charge on any atom is -0.378 e. The summed E-state index contributed by atoms with van der Waals surface area (Å²) in [5.74, 6) is 1.96. The van der Waals surface area contributed by atoms with Crippen LogP contribution in [-0.4, -0.2) is 77.6 Å². The Morgan fingerprint density at radius 1 is 1.17 bits per heavy atom. The Hall–Kier alpha value is -1.60. The van der Waals surface area contributed by atoms with Gasteiger partial charge in [0.15, 0.2) is 0 Å². The molecular formula is C23H37N5O2. The first-order chi connectivity index (χ1) is 14.7. The van der Waals surface area contributed by atoms with Gasteiger partial charge in [-0.1, -0.05) is 19.3 Å². The van der Waals surface area contributed by atoms with Gasteiger partial charge < -0.3 is 15.0 Å². The molecule has 1 saturated carbocycles. The maximum atomic E-state index is 12.5. The van der Waals surface area contributed by atoms with Crippen LogP contribution in [0.5, 0.6) is 0 Å². The summed E-state index contributed by atoms with van der Waals surface area (Å²) >= 11 is 0. The summed E-state index contributed by atoms with van der Waals surface area (Å²) in [6.07, 6.45) is 9.16. The molecule has 0 aromatic carbocycles. The fourth-order valence-electron chi connectivity index (χ4n) is 6.22. The number of urea groups is 1. The maximum Gasteiger partial charge on any atom is 0.317 e. The smallest absolute Gasteiger partial charge is 0.317 e. The molecule has 5 heterocycles. The number of ether oxygens (including phenoxy) is 1. The maximum absolute atomic E-state index is 12.5. The van der Waals surface area contributed by atoms with E-state index in [4.69, 9.17) is 9.84 Å². The average Bonchev–Trinajstić information content (AvgIpc) is 3.20. The summed E-state index contributed by atoms with van der Waals surface area (Å²) in [5, 5.41) is 8.14. The van der Waals surface area contributed by atoms with Crippen molar-refractivity contribution in [2.24, 2.45) is 13.0 Å². The van der Waals surface area contributed by atoms with Gasteiger partial charge >= 0.3 is 6.03 Å². The van der Waals surface area contributed by atoms with Gasteiger partial charge in [0.1, 0.15) is 0 Å². The number of nitrogens with one attached hydrogen (secondary N) is 1. The molecule has 5 fully saturated rings. The van der Waals surface area contributed by atoms with Gasteiger partial charge in [0.25, 0.3) is 0 Å². The molecule has 4 aliphatic heterocycles. The predicted molar refractivity (Wildman–Crippen MR) is 116 cm³/mol. The van der Waals surface area contributed by atoms with Gasteiger partial charge in [0.2, 0.25) is 0 Å². The minimum absolute atomic E-state index is 0.0706. The molecule has 0 radical (unpaired) electrons. The van der Waals surface area contributed by atoms with Crippen molar-refractivity contribution in [3.8, 4) is 0 Å². The Morgan fingerprint density at radius 2 is 1.97 bits per heavy atom. The van der Waals surface area contributed by atoms with E-state index in [-0.39, 0.29) is 6.03 Å². The fourth-order valence-corrected chi connectivity index (χ4v) is 6.22. The Kier molecular flexibility index (Phi) is 6.01. The number of carbonyl (C=O) groups excluding carboxylic acids is 1. The lowest BCUT2D eigenvalue weighted by Gasteiger charge is -2.50. The van der Waals surface area contributed by atoms with E-state index in [1.807, 2.05) is 4.90 Å². The highest BCUT2D eigenvalue weighted by molar-refractivity contribution is 5.74. The highest BCUT2D eigenvalue weighted by Crippen LogP contribution is 2.42. The molecule has 2 bridgehead atoms. The van der Waals surface area contributed by atoms with Gasteiger partial charge in [-0.2, -0.15) is 5.10 Å². The molecule has 4 saturated heterocycles. The van der Waals surface area contributed by atoms with Crippen LogP contribution >= 0.6 is 0 Å². The number of aryl methyl sites for hydroxylation is 1. The van der Waals surface area contributed by atoms with Crippen LogP contribution in [0.3, 0.4) is 0 Å². The van der Waals surface area contributed by atoms with Crippen molar-refractivity contribution < 1.29 is 9.53 Å². The van der Waals surface area contributed by atoms with Gasteiger partial charge in [-0.05, 0) is 44.2 Å². The number of hydrogen-bond donors (Lipinski definition) is 1. The zero-order chi connectivity index (χ0) is 20.5. The summed E-state index contributed by atoms with van der Waals surface area (Å²) in [6.45, 7) is 5.74. The normalized spacial score (nSPS) is 32.4. The Labute approximate surface area is 180 Å². The highest BCUT2D eigenvalue weighted by Gasteiger charge is 2.42. The van der Waals surface area contributed by atoms with Crippen molar-refractivity contribution in [1.82, 2.24) is 24.9 Å². The summed E-state index contributed by atoms with van der Waals surface area (Å²) < 4.78 is 7.52. The highest BCUT2D eigenvalue weighted by atomic mass is 16.5. The number of aromatic nitrogens is 2. The van der Waals surface area contributed by atoms with E-state index in [1.165, 1.54) is 56.3 Å². The molecule has 1 aromatic rings. The molecule has 30 heavy (non-hydrogen) atoms. The van der Waals surface area contributed by atoms with E-state index < -0.39 is 0 Å². The van der Waals surface area contributed by atoms with Crippen molar-refractivity contribution in [1.29, 1.82) is 0 Å². The molecule has 7 heteroatoms. The second-order valence-electron chi connectivity index (χ2n) is 9.78. The molecule has 1 aliphatic carbocycles. The minimum atomic E-state index is 0.0706. The molecule has 1 aromatic heterocycles. The molecule has 2 amide bonds. The molecule has 5 aliphatic rings. The molecule has 1 unspecified atom stereocenters. The first-order valence-corrected chi connectivity index (χ1v) is 12.1. The summed E-state index contributed by atoms with van der Waals surface area (Å²) in [5.41, 5.74) is 2.76. The molecule has 4 atom stereocenters. The average molecular weight is 416 g/mol. The quantitative estimate of drug-likeness (QED) is 0.821. The van der Waals surface area contributed by atoms with Crippen LogP contribution in [-0.2, 0) is 11.8 Å². The van der Waals surface area contributed by atoms with Gasteiger partial charge in [0.05, 0.1) is 18.9 Å². The third-order valence-corrected chi connectivity index (χ3v) is 8.00. The van der Waals surface area contributed by atoms with Gasteiger partial charge in [-0.25, -0.2) is 4.79 Å². The third kappa shape index (κ3) is 4.11. The fraction of sp³-hybridized carbons (Fsp3) is 0.826. The monoisotopic (exact) mass is 415 g/mol. The van der Waals surface area contributed by atoms with Gasteiger partial charge in [-0.3, -0.25) is 9.58 Å². The lowest BCUT2D eigenvalue weighted by molar-refractivity contribution is 0.0265. The van der Waals surface area contributed by atoms with E-state index in [9.17, 15) is 4.79 Å². The number of amides is 2. The van der Waals surface area contributed by atoms with Crippen LogP contribution in [0.15, 0.2) is 6.07 Å². The van der Waals surface area contributed by atoms with Crippen molar-refractivity contribution in [3.63, 3.8) is 0 Å². The van der Waals surface area contributed by atoms with Crippen LogP contribution < -0.4 is 5.32 Å². The number of hydrogen-bond acceptors (Lipinski definition) is 4. The molecular weight excluding hydrogens is 378 g/mol. The molecule has 7 nitrogen and oxygen atoms in total. The van der Waals surface area contributed by atoms with Gasteiger partial charge in [0, 0.05) is 56.8 Å². The van der Waals surface area contributed by atoms with Crippen molar-refractivity contribution in [2.75, 3.05) is 45.9 Å². The molecule has 1 N–H and O–H groups in total. The second-order valence-corrected chi connectivity index (χ2v) is 9.78. The summed E-state index contributed by atoms with van der Waals surface area (Å²) in [6, 6.07) is 2.97. The van der Waals surface area contributed by atoms with E-state index in [1.54, 1.807) is 0 Å². The van der Waals surface area contributed by atoms with Gasteiger partial charge in [-0.15, -0.1) is 0 Å². The SMILES string of the molecule is Cn1nc(C2CCCCC2)cc1[C@H]1CN2CC[C@H]1C[C@@H]2CNC(=O)N1CCOCC1. The number of rotatable bonds is 4. The van der Waals surface area contributed by atoms with Crippen molar-refractivity contribution in [2.45, 2.75) is 62.8 Å². The predicted octanol–water partition coefficient (Wildman–Crippen LogP) is 2.69. The Balaban J connectivity index is 1.19. The van der Waals surface area contributed by atoms with E-state index >= 15 is 0 Å².